The molecule has 2 aromatic rings. The van der Waals surface area contributed by atoms with Gasteiger partial charge in [-0.15, -0.1) is 0 Å². The summed E-state index contributed by atoms with van der Waals surface area (Å²) in [4.78, 5) is 12.2. The molecule has 20 heavy (non-hydrogen) atoms. The fourth-order valence-electron chi connectivity index (χ4n) is 2.80. The van der Waals surface area contributed by atoms with Crippen LogP contribution in [0.25, 0.3) is 0 Å². The molecule has 0 fully saturated rings. The molecule has 3 rings (SSSR count). The van der Waals surface area contributed by atoms with Gasteiger partial charge in [0.1, 0.15) is 11.5 Å². The van der Waals surface area contributed by atoms with Crippen LogP contribution in [0.1, 0.15) is 47.2 Å². The SMILES string of the molecule is Cc1noc(C)c1CC(=O)NC1CCCc2occc21. The highest BCUT2D eigenvalue weighted by Crippen LogP contribution is 2.30. The van der Waals surface area contributed by atoms with Gasteiger partial charge in [0.2, 0.25) is 5.91 Å². The molecule has 5 nitrogen and oxygen atoms in total. The molecule has 0 radical (unpaired) electrons. The van der Waals surface area contributed by atoms with E-state index < -0.39 is 0 Å². The van der Waals surface area contributed by atoms with Gasteiger partial charge in [0, 0.05) is 17.5 Å². The van der Waals surface area contributed by atoms with Crippen LogP contribution in [0.4, 0.5) is 0 Å². The summed E-state index contributed by atoms with van der Waals surface area (Å²) in [5.74, 6) is 1.71. The molecule has 106 valence electrons. The highest BCUT2D eigenvalue weighted by molar-refractivity contribution is 5.79. The third kappa shape index (κ3) is 2.35. The van der Waals surface area contributed by atoms with E-state index in [2.05, 4.69) is 10.5 Å². The maximum absolute atomic E-state index is 12.2. The van der Waals surface area contributed by atoms with Crippen LogP contribution in [0, 0.1) is 13.8 Å². The Morgan fingerprint density at radius 3 is 3.10 bits per heavy atom. The quantitative estimate of drug-likeness (QED) is 0.934. The first kappa shape index (κ1) is 13.0. The van der Waals surface area contributed by atoms with Gasteiger partial charge in [0.15, 0.2) is 0 Å². The highest BCUT2D eigenvalue weighted by atomic mass is 16.5. The standard InChI is InChI=1S/C15H18N2O3/c1-9-12(10(2)20-17-9)8-15(18)16-13-4-3-5-14-11(13)6-7-19-14/h6-7,13H,3-5,8H2,1-2H3,(H,16,18). The maximum atomic E-state index is 12.2. The van der Waals surface area contributed by atoms with Gasteiger partial charge < -0.3 is 14.3 Å². The third-order valence-electron chi connectivity index (χ3n) is 3.91. The second kappa shape index (κ2) is 5.15. The molecule has 1 unspecified atom stereocenters. The van der Waals surface area contributed by atoms with Gasteiger partial charge in [-0.2, -0.15) is 0 Å². The van der Waals surface area contributed by atoms with Gasteiger partial charge in [0.05, 0.1) is 24.4 Å². The molecular formula is C15H18N2O3. The number of fused-ring (bicyclic) bond motifs is 1. The summed E-state index contributed by atoms with van der Waals surface area (Å²) in [5.41, 5.74) is 2.78. The number of nitrogens with one attached hydrogen (secondary N) is 1. The van der Waals surface area contributed by atoms with Crippen LogP contribution >= 0.6 is 0 Å². The van der Waals surface area contributed by atoms with E-state index in [1.807, 2.05) is 19.9 Å². The van der Waals surface area contributed by atoms with Crippen LogP contribution in [-0.4, -0.2) is 11.1 Å². The predicted octanol–water partition coefficient (Wildman–Crippen LogP) is 2.62. The minimum Gasteiger partial charge on any atom is -0.469 e. The Morgan fingerprint density at radius 1 is 1.50 bits per heavy atom. The molecule has 0 aromatic carbocycles. The number of hydrogen-bond acceptors (Lipinski definition) is 4. The summed E-state index contributed by atoms with van der Waals surface area (Å²) >= 11 is 0. The van der Waals surface area contributed by atoms with Gasteiger partial charge in [-0.25, -0.2) is 0 Å². The molecule has 0 aliphatic heterocycles. The van der Waals surface area contributed by atoms with Crippen molar-refractivity contribution in [3.8, 4) is 0 Å². The van der Waals surface area contributed by atoms with Gasteiger partial charge in [-0.05, 0) is 32.8 Å². The summed E-state index contributed by atoms with van der Waals surface area (Å²) in [6.45, 7) is 3.69. The van der Waals surface area contributed by atoms with Crippen molar-refractivity contribution < 1.29 is 13.7 Å². The van der Waals surface area contributed by atoms with Crippen LogP contribution in [0.3, 0.4) is 0 Å². The van der Waals surface area contributed by atoms with Gasteiger partial charge in [-0.3, -0.25) is 4.79 Å². The lowest BCUT2D eigenvalue weighted by Crippen LogP contribution is -2.31. The number of rotatable bonds is 3. The summed E-state index contributed by atoms with van der Waals surface area (Å²) in [7, 11) is 0. The summed E-state index contributed by atoms with van der Waals surface area (Å²) in [6.07, 6.45) is 4.96. The van der Waals surface area contributed by atoms with Crippen LogP contribution in [-0.2, 0) is 17.6 Å². The van der Waals surface area contributed by atoms with E-state index in [1.165, 1.54) is 0 Å². The Hall–Kier alpha value is -2.04. The molecule has 5 heteroatoms. The van der Waals surface area contributed by atoms with E-state index in [1.54, 1.807) is 6.26 Å². The Labute approximate surface area is 117 Å². The van der Waals surface area contributed by atoms with Crippen LogP contribution < -0.4 is 5.32 Å². The fourth-order valence-corrected chi connectivity index (χ4v) is 2.80. The molecule has 2 aromatic heterocycles. The molecule has 0 saturated carbocycles. The van der Waals surface area contributed by atoms with Crippen molar-refractivity contribution in [1.82, 2.24) is 10.5 Å². The molecule has 0 bridgehead atoms. The number of aromatic nitrogens is 1. The first-order valence-electron chi connectivity index (χ1n) is 6.92. The molecule has 1 aliphatic carbocycles. The second-order valence-corrected chi connectivity index (χ2v) is 5.29. The van der Waals surface area contributed by atoms with Gasteiger partial charge in [-0.1, -0.05) is 5.16 Å². The van der Waals surface area contributed by atoms with E-state index in [4.69, 9.17) is 8.94 Å². The molecule has 1 aliphatic rings. The van der Waals surface area contributed by atoms with Crippen molar-refractivity contribution in [2.24, 2.45) is 0 Å². The van der Waals surface area contributed by atoms with E-state index in [0.29, 0.717) is 12.2 Å². The molecular weight excluding hydrogens is 256 g/mol. The predicted molar refractivity (Wildman–Crippen MR) is 72.2 cm³/mol. The summed E-state index contributed by atoms with van der Waals surface area (Å²) < 4.78 is 10.5. The first-order chi connectivity index (χ1) is 9.65. The lowest BCUT2D eigenvalue weighted by atomic mass is 9.93. The van der Waals surface area contributed by atoms with Crippen molar-refractivity contribution in [3.63, 3.8) is 0 Å². The summed E-state index contributed by atoms with van der Waals surface area (Å²) in [5, 5.41) is 6.96. The minimum absolute atomic E-state index is 0.00144. The topological polar surface area (TPSA) is 68.3 Å². The van der Waals surface area contributed by atoms with Crippen LogP contribution in [0.2, 0.25) is 0 Å². The zero-order valence-corrected chi connectivity index (χ0v) is 11.7. The monoisotopic (exact) mass is 274 g/mol. The van der Waals surface area contributed by atoms with Gasteiger partial charge in [0.25, 0.3) is 0 Å². The van der Waals surface area contributed by atoms with Crippen LogP contribution in [0.15, 0.2) is 21.3 Å². The average molecular weight is 274 g/mol. The number of amides is 1. The largest absolute Gasteiger partial charge is 0.469 e. The van der Waals surface area contributed by atoms with Crippen molar-refractivity contribution in [3.05, 3.63) is 40.7 Å². The number of nitrogens with zero attached hydrogens (tertiary/aromatic N) is 1. The molecule has 1 atom stereocenters. The first-order valence-corrected chi connectivity index (χ1v) is 6.92. The zero-order chi connectivity index (χ0) is 14.1. The lowest BCUT2D eigenvalue weighted by Gasteiger charge is -2.22. The Balaban J connectivity index is 1.69. The van der Waals surface area contributed by atoms with E-state index in [0.717, 1.165) is 41.8 Å². The van der Waals surface area contributed by atoms with E-state index in [9.17, 15) is 4.79 Å². The zero-order valence-electron chi connectivity index (χ0n) is 11.7. The van der Waals surface area contributed by atoms with E-state index >= 15 is 0 Å². The number of carbonyl (C=O) groups excluding carboxylic acids is 1. The normalized spacial score (nSPS) is 17.8. The van der Waals surface area contributed by atoms with Crippen LogP contribution in [0.5, 0.6) is 0 Å². The second-order valence-electron chi connectivity index (χ2n) is 5.29. The number of aryl methyl sites for hydroxylation is 3. The van der Waals surface area contributed by atoms with Crippen molar-refractivity contribution in [2.45, 2.75) is 45.6 Å². The van der Waals surface area contributed by atoms with Crippen molar-refractivity contribution in [1.29, 1.82) is 0 Å². The molecule has 2 heterocycles. The average Bonchev–Trinajstić information content (AvgIpc) is 3.01. The molecule has 1 N–H and O–H groups in total. The molecule has 1 amide bonds. The Bertz CT molecular complexity index is 607. The highest BCUT2D eigenvalue weighted by Gasteiger charge is 2.24. The Morgan fingerprint density at radius 2 is 2.35 bits per heavy atom. The lowest BCUT2D eigenvalue weighted by molar-refractivity contribution is -0.121. The maximum Gasteiger partial charge on any atom is 0.225 e. The number of hydrogen-bond donors (Lipinski definition) is 1. The Kier molecular flexibility index (Phi) is 3.34. The minimum atomic E-state index is -0.00144. The van der Waals surface area contributed by atoms with Crippen molar-refractivity contribution >= 4 is 5.91 Å². The third-order valence-corrected chi connectivity index (χ3v) is 3.91. The molecule has 0 saturated heterocycles. The molecule has 0 spiro atoms. The van der Waals surface area contributed by atoms with Crippen molar-refractivity contribution in [2.75, 3.05) is 0 Å². The fraction of sp³-hybridized carbons (Fsp3) is 0.467. The summed E-state index contributed by atoms with van der Waals surface area (Å²) in [6, 6.07) is 2.01. The smallest absolute Gasteiger partial charge is 0.225 e. The number of carbonyl (C=O) groups is 1. The van der Waals surface area contributed by atoms with E-state index in [-0.39, 0.29) is 11.9 Å². The van der Waals surface area contributed by atoms with Gasteiger partial charge >= 0.3 is 0 Å². The number of furan rings is 1.